The van der Waals surface area contributed by atoms with Crippen molar-refractivity contribution in [2.24, 2.45) is 5.92 Å². The van der Waals surface area contributed by atoms with Gasteiger partial charge in [0.05, 0.1) is 0 Å². The summed E-state index contributed by atoms with van der Waals surface area (Å²) in [6.07, 6.45) is 2.75. The van der Waals surface area contributed by atoms with E-state index in [-0.39, 0.29) is 0 Å². The second-order valence-corrected chi connectivity index (χ2v) is 3.21. The molecule has 3 rings (SSSR count). The Morgan fingerprint density at radius 2 is 2.00 bits per heavy atom. The number of fused-ring (bicyclic) bond motifs is 3. The van der Waals surface area contributed by atoms with Crippen molar-refractivity contribution in [3.05, 3.63) is 12.2 Å². The van der Waals surface area contributed by atoms with Gasteiger partial charge in [-0.15, -0.1) is 0 Å². The van der Waals surface area contributed by atoms with Crippen molar-refractivity contribution in [2.45, 2.75) is 12.8 Å². The fourth-order valence-corrected chi connectivity index (χ4v) is 1.92. The van der Waals surface area contributed by atoms with E-state index in [4.69, 9.17) is 0 Å². The Kier molecular flexibility index (Phi) is 1.12. The Hall–Kier alpha value is -0.300. The largest absolute Gasteiger partial charge is 0.299 e. The Morgan fingerprint density at radius 1 is 1.33 bits per heavy atom. The summed E-state index contributed by atoms with van der Waals surface area (Å²) in [5.74, 6) is 0.884. The first kappa shape index (κ1) is 5.48. The van der Waals surface area contributed by atoms with Crippen LogP contribution in [-0.2, 0) is 0 Å². The van der Waals surface area contributed by atoms with E-state index in [1.54, 1.807) is 0 Å². The molecule has 0 unspecified atom stereocenters. The standard InChI is InChI=1S/C8H13N/c1-7-6-9-4-2-8(7)3-5-9/h8H,1-6H2. The van der Waals surface area contributed by atoms with Gasteiger partial charge in [-0.05, 0) is 31.8 Å². The molecule has 0 aromatic carbocycles. The monoisotopic (exact) mass is 123 g/mol. The van der Waals surface area contributed by atoms with Gasteiger partial charge in [0.2, 0.25) is 0 Å². The van der Waals surface area contributed by atoms with E-state index in [1.807, 2.05) is 0 Å². The normalized spacial score (nSPS) is 41.6. The van der Waals surface area contributed by atoms with Crippen LogP contribution in [0.1, 0.15) is 12.8 Å². The number of nitrogens with zero attached hydrogens (tertiary/aromatic N) is 1. The van der Waals surface area contributed by atoms with Gasteiger partial charge >= 0.3 is 0 Å². The highest BCUT2D eigenvalue weighted by molar-refractivity contribution is 5.09. The summed E-state index contributed by atoms with van der Waals surface area (Å²) in [4.78, 5) is 2.50. The van der Waals surface area contributed by atoms with Gasteiger partial charge < -0.3 is 0 Å². The van der Waals surface area contributed by atoms with Gasteiger partial charge in [0.25, 0.3) is 0 Å². The van der Waals surface area contributed by atoms with E-state index >= 15 is 0 Å². The molecule has 0 amide bonds. The fraction of sp³-hybridized carbons (Fsp3) is 0.750. The quantitative estimate of drug-likeness (QED) is 0.438. The molecule has 0 atom stereocenters. The highest BCUT2D eigenvalue weighted by Crippen LogP contribution is 2.29. The number of piperidine rings is 3. The van der Waals surface area contributed by atoms with Crippen LogP contribution >= 0.6 is 0 Å². The lowest BCUT2D eigenvalue weighted by Gasteiger charge is -2.40. The van der Waals surface area contributed by atoms with Crippen LogP contribution in [-0.4, -0.2) is 24.5 Å². The van der Waals surface area contributed by atoms with Crippen LogP contribution in [0.2, 0.25) is 0 Å². The summed E-state index contributed by atoms with van der Waals surface area (Å²) in [5.41, 5.74) is 1.48. The molecule has 50 valence electrons. The van der Waals surface area contributed by atoms with Crippen molar-refractivity contribution in [1.82, 2.24) is 4.90 Å². The molecular formula is C8H13N. The summed E-state index contributed by atoms with van der Waals surface area (Å²) < 4.78 is 0. The van der Waals surface area contributed by atoms with Crippen LogP contribution in [0.15, 0.2) is 12.2 Å². The second-order valence-electron chi connectivity index (χ2n) is 3.21. The Morgan fingerprint density at radius 3 is 2.22 bits per heavy atom. The molecule has 3 fully saturated rings. The van der Waals surface area contributed by atoms with Crippen LogP contribution in [0.5, 0.6) is 0 Å². The van der Waals surface area contributed by atoms with Crippen molar-refractivity contribution in [1.29, 1.82) is 0 Å². The molecule has 1 heteroatoms. The average molecular weight is 123 g/mol. The molecule has 0 aromatic rings. The number of hydrogen-bond acceptors (Lipinski definition) is 1. The summed E-state index contributed by atoms with van der Waals surface area (Å²) >= 11 is 0. The van der Waals surface area contributed by atoms with Crippen LogP contribution in [0.25, 0.3) is 0 Å². The van der Waals surface area contributed by atoms with Crippen LogP contribution in [0.4, 0.5) is 0 Å². The lowest BCUT2D eigenvalue weighted by atomic mass is 9.85. The zero-order valence-electron chi connectivity index (χ0n) is 5.77. The summed E-state index contributed by atoms with van der Waals surface area (Å²) in [7, 11) is 0. The zero-order valence-corrected chi connectivity index (χ0v) is 5.77. The lowest BCUT2D eigenvalue weighted by molar-refractivity contribution is 0.162. The van der Waals surface area contributed by atoms with E-state index in [9.17, 15) is 0 Å². The third-order valence-corrected chi connectivity index (χ3v) is 2.59. The minimum Gasteiger partial charge on any atom is -0.299 e. The first-order valence-corrected chi connectivity index (χ1v) is 3.76. The van der Waals surface area contributed by atoms with E-state index in [2.05, 4.69) is 11.5 Å². The second kappa shape index (κ2) is 1.84. The Balaban J connectivity index is 2.15. The molecule has 3 aliphatic rings. The topological polar surface area (TPSA) is 3.24 Å². The molecule has 2 bridgehead atoms. The van der Waals surface area contributed by atoms with Crippen LogP contribution in [0, 0.1) is 5.92 Å². The minimum absolute atomic E-state index is 0.884. The predicted molar refractivity (Wildman–Crippen MR) is 38.3 cm³/mol. The van der Waals surface area contributed by atoms with Crippen molar-refractivity contribution in [3.8, 4) is 0 Å². The zero-order chi connectivity index (χ0) is 6.27. The maximum atomic E-state index is 4.06. The van der Waals surface area contributed by atoms with Gasteiger partial charge in [0, 0.05) is 6.54 Å². The van der Waals surface area contributed by atoms with E-state index in [0.717, 1.165) is 5.92 Å². The molecule has 0 spiro atoms. The Labute approximate surface area is 56.4 Å². The molecule has 0 saturated carbocycles. The first-order valence-electron chi connectivity index (χ1n) is 3.76. The average Bonchev–Trinajstić information content (AvgIpc) is 1.90. The third-order valence-electron chi connectivity index (χ3n) is 2.59. The van der Waals surface area contributed by atoms with Gasteiger partial charge in [-0.1, -0.05) is 12.2 Å². The lowest BCUT2D eigenvalue weighted by Crippen LogP contribution is -2.42. The van der Waals surface area contributed by atoms with Crippen LogP contribution in [0.3, 0.4) is 0 Å². The van der Waals surface area contributed by atoms with Gasteiger partial charge in [0.1, 0.15) is 0 Å². The molecule has 3 saturated heterocycles. The van der Waals surface area contributed by atoms with Crippen molar-refractivity contribution in [3.63, 3.8) is 0 Å². The summed E-state index contributed by atoms with van der Waals surface area (Å²) in [5, 5.41) is 0. The fourth-order valence-electron chi connectivity index (χ4n) is 1.92. The van der Waals surface area contributed by atoms with Gasteiger partial charge in [-0.3, -0.25) is 4.90 Å². The van der Waals surface area contributed by atoms with Crippen molar-refractivity contribution >= 4 is 0 Å². The summed E-state index contributed by atoms with van der Waals surface area (Å²) in [6.45, 7) is 7.89. The highest BCUT2D eigenvalue weighted by atomic mass is 15.1. The van der Waals surface area contributed by atoms with Crippen molar-refractivity contribution < 1.29 is 0 Å². The molecule has 0 radical (unpaired) electrons. The molecule has 0 aromatic heterocycles. The van der Waals surface area contributed by atoms with Crippen molar-refractivity contribution in [2.75, 3.05) is 19.6 Å². The number of rotatable bonds is 0. The maximum Gasteiger partial charge on any atom is 0.0192 e. The van der Waals surface area contributed by atoms with E-state index in [1.165, 1.54) is 38.0 Å². The molecule has 0 aliphatic carbocycles. The smallest absolute Gasteiger partial charge is 0.0192 e. The predicted octanol–water partition coefficient (Wildman–Crippen LogP) is 1.27. The molecule has 1 nitrogen and oxygen atoms in total. The molecule has 9 heavy (non-hydrogen) atoms. The van der Waals surface area contributed by atoms with Gasteiger partial charge in [-0.25, -0.2) is 0 Å². The SMILES string of the molecule is C=C1CN2CCC1CC2. The molecule has 3 aliphatic heterocycles. The molecular weight excluding hydrogens is 110 g/mol. The summed E-state index contributed by atoms with van der Waals surface area (Å²) in [6, 6.07) is 0. The number of hydrogen-bond donors (Lipinski definition) is 0. The minimum atomic E-state index is 0.884. The van der Waals surface area contributed by atoms with Crippen LogP contribution < -0.4 is 0 Å². The first-order chi connectivity index (χ1) is 4.36. The molecule has 3 heterocycles. The van der Waals surface area contributed by atoms with E-state index in [0.29, 0.717) is 0 Å². The Bertz CT molecular complexity index is 132. The third kappa shape index (κ3) is 0.799. The molecule has 0 N–H and O–H groups in total. The van der Waals surface area contributed by atoms with Gasteiger partial charge in [-0.2, -0.15) is 0 Å². The van der Waals surface area contributed by atoms with Gasteiger partial charge in [0.15, 0.2) is 0 Å². The highest BCUT2D eigenvalue weighted by Gasteiger charge is 2.27. The maximum absolute atomic E-state index is 4.06. The van der Waals surface area contributed by atoms with E-state index < -0.39 is 0 Å².